The van der Waals surface area contributed by atoms with E-state index in [4.69, 9.17) is 10.5 Å². The summed E-state index contributed by atoms with van der Waals surface area (Å²) in [5, 5.41) is 0. The van der Waals surface area contributed by atoms with Gasteiger partial charge in [0.1, 0.15) is 11.5 Å². The molecule has 0 aromatic carbocycles. The fourth-order valence-corrected chi connectivity index (χ4v) is 3.26. The highest BCUT2D eigenvalue weighted by Gasteiger charge is 2.26. The number of amides is 1. The van der Waals surface area contributed by atoms with Crippen molar-refractivity contribution in [1.29, 1.82) is 0 Å². The molecule has 2 heterocycles. The van der Waals surface area contributed by atoms with Crippen molar-refractivity contribution in [3.63, 3.8) is 0 Å². The maximum absolute atomic E-state index is 13.4. The van der Waals surface area contributed by atoms with Crippen LogP contribution >= 0.6 is 0 Å². The van der Waals surface area contributed by atoms with Crippen molar-refractivity contribution < 1.29 is 14.3 Å². The van der Waals surface area contributed by atoms with Crippen molar-refractivity contribution in [2.24, 2.45) is 5.92 Å². The van der Waals surface area contributed by atoms with Crippen LogP contribution in [0.3, 0.4) is 0 Å². The molecular weight excluding hydrogens is 414 g/mol. The molecule has 0 aliphatic rings. The van der Waals surface area contributed by atoms with Crippen LogP contribution in [0, 0.1) is 12.8 Å². The number of nitrogens with zero attached hydrogens (tertiary/aromatic N) is 3. The molecule has 3 N–H and O–H groups in total. The smallest absolute Gasteiger partial charge is 0.339 e. The number of ether oxygens (including phenoxy) is 1. The third-order valence-electron chi connectivity index (χ3n) is 4.81. The molecule has 2 rings (SSSR count). The molecule has 0 bridgehead atoms. The molecule has 10 heteroatoms. The minimum Gasteiger partial charge on any atom is -0.462 e. The first-order valence-corrected chi connectivity index (χ1v) is 10.7. The number of unbranched alkanes of at least 4 members (excludes halogenated alkanes) is 1. The van der Waals surface area contributed by atoms with Gasteiger partial charge in [0.25, 0.3) is 11.5 Å². The highest BCUT2D eigenvalue weighted by atomic mass is 16.5. The number of hydrogen-bond acceptors (Lipinski definition) is 7. The summed E-state index contributed by atoms with van der Waals surface area (Å²) in [5.41, 5.74) is 5.40. The second-order valence-corrected chi connectivity index (χ2v) is 7.86. The molecule has 0 spiro atoms. The lowest BCUT2D eigenvalue weighted by molar-refractivity contribution is 0.0524. The maximum Gasteiger partial charge on any atom is 0.339 e. The van der Waals surface area contributed by atoms with Gasteiger partial charge in [-0.15, -0.1) is 0 Å². The molecule has 174 valence electrons. The summed E-state index contributed by atoms with van der Waals surface area (Å²) in [5.74, 6) is -1.06. The Bertz CT molecular complexity index is 1100. The lowest BCUT2D eigenvalue weighted by Crippen LogP contribution is -2.42. The molecule has 2 aromatic heterocycles. The zero-order valence-electron chi connectivity index (χ0n) is 19.2. The number of anilines is 2. The fraction of sp³-hybridized carbons (Fsp3) is 0.500. The monoisotopic (exact) mass is 445 g/mol. The number of nitrogens with two attached hydrogens (primary N) is 1. The SMILES string of the molecule is CCCCN(C(=O)c1ccc(C(=O)OCC)c(C)n1)c1c(N)n(CC(C)C)c(=O)[nH]c1=O. The second kappa shape index (κ2) is 10.7. The molecule has 32 heavy (non-hydrogen) atoms. The van der Waals surface area contributed by atoms with Crippen LogP contribution in [-0.2, 0) is 11.3 Å². The lowest BCUT2D eigenvalue weighted by Gasteiger charge is -2.24. The first-order chi connectivity index (χ1) is 15.1. The minimum atomic E-state index is -0.739. The Labute approximate surface area is 186 Å². The Kier molecular flexibility index (Phi) is 8.34. The Morgan fingerprint density at radius 1 is 1.25 bits per heavy atom. The van der Waals surface area contributed by atoms with Gasteiger partial charge in [-0.05, 0) is 38.3 Å². The summed E-state index contributed by atoms with van der Waals surface area (Å²) in [6, 6.07) is 2.88. The number of aryl methyl sites for hydroxylation is 1. The molecule has 0 radical (unpaired) electrons. The summed E-state index contributed by atoms with van der Waals surface area (Å²) in [7, 11) is 0. The number of nitrogen functional groups attached to an aromatic ring is 1. The first kappa shape index (κ1) is 24.8. The van der Waals surface area contributed by atoms with Gasteiger partial charge in [-0.2, -0.15) is 0 Å². The van der Waals surface area contributed by atoms with E-state index in [2.05, 4.69) is 9.97 Å². The van der Waals surface area contributed by atoms with Crippen LogP contribution < -0.4 is 21.9 Å². The lowest BCUT2D eigenvalue weighted by atomic mass is 10.1. The summed E-state index contributed by atoms with van der Waals surface area (Å²) in [6.07, 6.45) is 1.37. The second-order valence-electron chi connectivity index (χ2n) is 7.86. The van der Waals surface area contributed by atoms with E-state index >= 15 is 0 Å². The van der Waals surface area contributed by atoms with Gasteiger partial charge in [-0.25, -0.2) is 14.6 Å². The summed E-state index contributed by atoms with van der Waals surface area (Å²) in [4.78, 5) is 58.2. The molecule has 0 saturated carbocycles. The highest BCUT2D eigenvalue weighted by molar-refractivity contribution is 6.06. The van der Waals surface area contributed by atoms with E-state index in [0.29, 0.717) is 12.1 Å². The number of H-pyrrole nitrogens is 1. The van der Waals surface area contributed by atoms with Gasteiger partial charge in [0.15, 0.2) is 5.69 Å². The molecule has 0 aliphatic heterocycles. The van der Waals surface area contributed by atoms with Gasteiger partial charge in [-0.3, -0.25) is 24.0 Å². The summed E-state index contributed by atoms with van der Waals surface area (Å²) >= 11 is 0. The van der Waals surface area contributed by atoms with Crippen molar-refractivity contribution >= 4 is 23.4 Å². The van der Waals surface area contributed by atoms with Crippen molar-refractivity contribution in [1.82, 2.24) is 14.5 Å². The van der Waals surface area contributed by atoms with Crippen LogP contribution in [0.1, 0.15) is 67.1 Å². The van der Waals surface area contributed by atoms with Gasteiger partial charge in [0.05, 0.1) is 17.9 Å². The standard InChI is InChI=1S/C22H31N5O5/c1-6-8-11-26(17-18(23)27(12-13(3)4)22(31)25-19(17)28)20(29)16-10-9-15(14(5)24-16)21(30)32-7-2/h9-10,13H,6-8,11-12,23H2,1-5H3,(H,25,28,31). The summed E-state index contributed by atoms with van der Waals surface area (Å²) in [6.45, 7) is 9.79. The average molecular weight is 446 g/mol. The van der Waals surface area contributed by atoms with E-state index in [1.165, 1.54) is 21.6 Å². The van der Waals surface area contributed by atoms with Crippen molar-refractivity contribution in [2.45, 2.75) is 54.0 Å². The Morgan fingerprint density at radius 3 is 2.50 bits per heavy atom. The Balaban J connectivity index is 2.57. The number of aromatic nitrogens is 3. The molecule has 10 nitrogen and oxygen atoms in total. The molecule has 0 atom stereocenters. The number of nitrogens with one attached hydrogen (secondary N) is 1. The number of rotatable bonds is 9. The fourth-order valence-electron chi connectivity index (χ4n) is 3.26. The molecule has 0 fully saturated rings. The molecule has 0 aliphatic carbocycles. The molecule has 1 amide bonds. The summed E-state index contributed by atoms with van der Waals surface area (Å²) < 4.78 is 6.26. The third kappa shape index (κ3) is 5.43. The van der Waals surface area contributed by atoms with Gasteiger partial charge in [-0.1, -0.05) is 27.2 Å². The van der Waals surface area contributed by atoms with E-state index in [1.807, 2.05) is 20.8 Å². The minimum absolute atomic E-state index is 0.0482. The molecule has 0 saturated heterocycles. The quantitative estimate of drug-likeness (QED) is 0.563. The third-order valence-corrected chi connectivity index (χ3v) is 4.81. The predicted molar refractivity (Wildman–Crippen MR) is 122 cm³/mol. The van der Waals surface area contributed by atoms with Crippen molar-refractivity contribution in [3.8, 4) is 0 Å². The van der Waals surface area contributed by atoms with Crippen LogP contribution in [0.4, 0.5) is 11.5 Å². The molecule has 0 unspecified atom stereocenters. The number of aromatic amines is 1. The number of esters is 1. The maximum atomic E-state index is 13.4. The van der Waals surface area contributed by atoms with Gasteiger partial charge in [0, 0.05) is 13.1 Å². The average Bonchev–Trinajstić information content (AvgIpc) is 2.72. The van der Waals surface area contributed by atoms with Crippen LogP contribution in [0.5, 0.6) is 0 Å². The normalized spacial score (nSPS) is 10.9. The number of carbonyl (C=O) groups is 2. The number of hydrogen-bond donors (Lipinski definition) is 2. The van der Waals surface area contributed by atoms with E-state index in [0.717, 1.165) is 6.42 Å². The van der Waals surface area contributed by atoms with Crippen LogP contribution in [0.2, 0.25) is 0 Å². The van der Waals surface area contributed by atoms with E-state index in [1.54, 1.807) is 13.8 Å². The van der Waals surface area contributed by atoms with Crippen LogP contribution in [-0.4, -0.2) is 39.6 Å². The number of carbonyl (C=O) groups excluding carboxylic acids is 2. The Hall–Kier alpha value is -3.43. The molecule has 2 aromatic rings. The van der Waals surface area contributed by atoms with Gasteiger partial charge in [0.2, 0.25) is 0 Å². The van der Waals surface area contributed by atoms with Gasteiger partial charge >= 0.3 is 11.7 Å². The van der Waals surface area contributed by atoms with Gasteiger partial charge < -0.3 is 10.5 Å². The zero-order chi connectivity index (χ0) is 24.0. The van der Waals surface area contributed by atoms with Crippen LogP contribution in [0.15, 0.2) is 21.7 Å². The van der Waals surface area contributed by atoms with Crippen LogP contribution in [0.25, 0.3) is 0 Å². The largest absolute Gasteiger partial charge is 0.462 e. The van der Waals surface area contributed by atoms with Crippen molar-refractivity contribution in [2.75, 3.05) is 23.8 Å². The predicted octanol–water partition coefficient (Wildman–Crippen LogP) is 2.10. The van der Waals surface area contributed by atoms with E-state index < -0.39 is 23.1 Å². The van der Waals surface area contributed by atoms with Crippen molar-refractivity contribution in [3.05, 3.63) is 49.9 Å². The topological polar surface area (TPSA) is 140 Å². The Morgan fingerprint density at radius 2 is 1.94 bits per heavy atom. The van der Waals surface area contributed by atoms with E-state index in [9.17, 15) is 19.2 Å². The molecular formula is C22H31N5O5. The van der Waals surface area contributed by atoms with E-state index in [-0.39, 0.29) is 48.4 Å². The first-order valence-electron chi connectivity index (χ1n) is 10.7. The zero-order valence-corrected chi connectivity index (χ0v) is 19.2. The highest BCUT2D eigenvalue weighted by Crippen LogP contribution is 2.21. The number of pyridine rings is 1.